The minimum atomic E-state index is -0.974. The van der Waals surface area contributed by atoms with E-state index in [1.807, 2.05) is 18.2 Å². The molecule has 1 atom stereocenters. The number of pyridine rings is 1. The summed E-state index contributed by atoms with van der Waals surface area (Å²) in [6, 6.07) is 14.2. The van der Waals surface area contributed by atoms with Crippen LogP contribution in [0.3, 0.4) is 0 Å². The van der Waals surface area contributed by atoms with Gasteiger partial charge < -0.3 is 19.8 Å². The summed E-state index contributed by atoms with van der Waals surface area (Å²) in [6.45, 7) is 3.66. The molecule has 0 spiro atoms. The third-order valence-corrected chi connectivity index (χ3v) is 5.96. The van der Waals surface area contributed by atoms with Crippen LogP contribution in [0.15, 0.2) is 59.4 Å². The van der Waals surface area contributed by atoms with Crippen LogP contribution in [-0.2, 0) is 20.7 Å². The maximum atomic E-state index is 13.0. The summed E-state index contributed by atoms with van der Waals surface area (Å²) in [5, 5.41) is 4.08. The first-order chi connectivity index (χ1) is 16.5. The molecule has 2 heterocycles. The highest BCUT2D eigenvalue weighted by atomic mass is 35.5. The molecule has 186 valence electrons. The zero-order valence-electron chi connectivity index (χ0n) is 19.0. The Morgan fingerprint density at radius 3 is 2.57 bits per heavy atom. The molecule has 0 saturated carbocycles. The molecule has 0 aliphatic carbocycles. The van der Waals surface area contributed by atoms with Gasteiger partial charge in [-0.3, -0.25) is 14.5 Å². The van der Waals surface area contributed by atoms with Gasteiger partial charge in [0.05, 0.1) is 13.2 Å². The van der Waals surface area contributed by atoms with Crippen LogP contribution in [0, 0.1) is 0 Å². The fourth-order valence-electron chi connectivity index (χ4n) is 3.90. The number of benzene rings is 2. The zero-order valence-corrected chi connectivity index (χ0v) is 20.6. The van der Waals surface area contributed by atoms with E-state index < -0.39 is 17.9 Å². The number of nitrogens with one attached hydrogen (secondary N) is 2. The Morgan fingerprint density at radius 1 is 1.11 bits per heavy atom. The van der Waals surface area contributed by atoms with Crippen LogP contribution in [0.4, 0.5) is 0 Å². The van der Waals surface area contributed by atoms with E-state index in [2.05, 4.69) is 15.2 Å². The summed E-state index contributed by atoms with van der Waals surface area (Å²) < 4.78 is 10.9. The van der Waals surface area contributed by atoms with Gasteiger partial charge in [-0.15, -0.1) is 12.4 Å². The standard InChI is InChI=1S/C25H26ClN3O5.ClH/c26-19-7-5-17(6-8-19)24(31)28-22(25(32)34-14-11-29-9-12-33-13-10-29)15-18-16-23(30)27-21-4-2-1-3-20(18)21;/h1-8,16,22H,9-15H2,(H,27,30)(H,28,31);1H. The van der Waals surface area contributed by atoms with Gasteiger partial charge in [-0.05, 0) is 35.9 Å². The van der Waals surface area contributed by atoms with Crippen molar-refractivity contribution in [2.24, 2.45) is 0 Å². The Labute approximate surface area is 214 Å². The summed E-state index contributed by atoms with van der Waals surface area (Å²) in [5.74, 6) is -0.985. The molecule has 1 aliphatic heterocycles. The van der Waals surface area contributed by atoms with E-state index in [0.717, 1.165) is 18.5 Å². The van der Waals surface area contributed by atoms with Crippen LogP contribution >= 0.6 is 24.0 Å². The van der Waals surface area contributed by atoms with Crippen LogP contribution in [0.25, 0.3) is 10.9 Å². The summed E-state index contributed by atoms with van der Waals surface area (Å²) in [7, 11) is 0. The number of esters is 1. The average Bonchev–Trinajstić information content (AvgIpc) is 2.84. The number of H-pyrrole nitrogens is 1. The maximum absolute atomic E-state index is 13.0. The van der Waals surface area contributed by atoms with Crippen LogP contribution in [0.1, 0.15) is 15.9 Å². The number of halogens is 2. The molecule has 8 nitrogen and oxygen atoms in total. The van der Waals surface area contributed by atoms with E-state index in [0.29, 0.717) is 41.4 Å². The van der Waals surface area contributed by atoms with E-state index >= 15 is 0 Å². The number of nitrogens with zero attached hydrogens (tertiary/aromatic N) is 1. The second kappa shape index (κ2) is 12.7. The molecule has 2 N–H and O–H groups in total. The molecule has 1 unspecified atom stereocenters. The van der Waals surface area contributed by atoms with Crippen LogP contribution in [-0.4, -0.2) is 67.3 Å². The topological polar surface area (TPSA) is 101 Å². The molecule has 4 rings (SSSR count). The molecule has 1 aromatic heterocycles. The maximum Gasteiger partial charge on any atom is 0.329 e. The minimum absolute atomic E-state index is 0. The lowest BCUT2D eigenvalue weighted by molar-refractivity contribution is -0.146. The Hall–Kier alpha value is -2.91. The lowest BCUT2D eigenvalue weighted by atomic mass is 10.0. The molecule has 35 heavy (non-hydrogen) atoms. The van der Waals surface area contributed by atoms with Crippen molar-refractivity contribution in [3.63, 3.8) is 0 Å². The number of aromatic amines is 1. The Bertz CT molecular complexity index is 1210. The van der Waals surface area contributed by atoms with Crippen molar-refractivity contribution in [3.8, 4) is 0 Å². The number of rotatable bonds is 8. The van der Waals surface area contributed by atoms with Crippen molar-refractivity contribution in [1.29, 1.82) is 0 Å². The predicted molar refractivity (Wildman–Crippen MR) is 136 cm³/mol. The number of para-hydroxylation sites is 1. The lowest BCUT2D eigenvalue weighted by Gasteiger charge is -2.26. The van der Waals surface area contributed by atoms with E-state index in [9.17, 15) is 14.4 Å². The summed E-state index contributed by atoms with van der Waals surface area (Å²) in [5.41, 5.74) is 1.39. The smallest absolute Gasteiger partial charge is 0.329 e. The third kappa shape index (κ3) is 7.29. The molecule has 10 heteroatoms. The SMILES string of the molecule is Cl.O=C(NC(Cc1cc(=O)[nH]c2ccccc12)C(=O)OCCN1CCOCC1)c1ccc(Cl)cc1. The molecule has 1 saturated heterocycles. The zero-order chi connectivity index (χ0) is 23.9. The average molecular weight is 520 g/mol. The first kappa shape index (κ1) is 26.7. The highest BCUT2D eigenvalue weighted by Crippen LogP contribution is 2.17. The number of ether oxygens (including phenoxy) is 2. The molecule has 1 aliphatic rings. The van der Waals surface area contributed by atoms with E-state index in [4.69, 9.17) is 21.1 Å². The van der Waals surface area contributed by atoms with Crippen molar-refractivity contribution in [3.05, 3.63) is 81.1 Å². The molecule has 0 radical (unpaired) electrons. The normalized spacial score (nSPS) is 14.7. The van der Waals surface area contributed by atoms with Crippen LogP contribution in [0.2, 0.25) is 5.02 Å². The van der Waals surface area contributed by atoms with Crippen molar-refractivity contribution in [1.82, 2.24) is 15.2 Å². The molecule has 1 amide bonds. The van der Waals surface area contributed by atoms with Gasteiger partial charge in [0, 0.05) is 53.6 Å². The number of amides is 1. The van der Waals surface area contributed by atoms with E-state index in [1.54, 1.807) is 30.3 Å². The first-order valence-corrected chi connectivity index (χ1v) is 11.5. The number of carbonyl (C=O) groups is 2. The lowest BCUT2D eigenvalue weighted by Crippen LogP contribution is -2.44. The van der Waals surface area contributed by atoms with Gasteiger partial charge in [0.15, 0.2) is 0 Å². The van der Waals surface area contributed by atoms with Gasteiger partial charge in [-0.25, -0.2) is 4.79 Å². The number of fused-ring (bicyclic) bond motifs is 1. The molecule has 2 aromatic carbocycles. The van der Waals surface area contributed by atoms with Crippen molar-refractivity contribution < 1.29 is 19.1 Å². The number of aromatic nitrogens is 1. The van der Waals surface area contributed by atoms with Gasteiger partial charge in [-0.1, -0.05) is 29.8 Å². The van der Waals surface area contributed by atoms with Crippen LogP contribution < -0.4 is 10.9 Å². The quantitative estimate of drug-likeness (QED) is 0.444. The van der Waals surface area contributed by atoms with Crippen molar-refractivity contribution in [2.75, 3.05) is 39.5 Å². The number of carbonyl (C=O) groups excluding carboxylic acids is 2. The molecule has 1 fully saturated rings. The highest BCUT2D eigenvalue weighted by Gasteiger charge is 2.25. The Morgan fingerprint density at radius 2 is 1.83 bits per heavy atom. The summed E-state index contributed by atoms with van der Waals surface area (Å²) in [4.78, 5) is 43.0. The van der Waals surface area contributed by atoms with Gasteiger partial charge >= 0.3 is 5.97 Å². The molecular weight excluding hydrogens is 493 g/mol. The minimum Gasteiger partial charge on any atom is -0.463 e. The molecule has 3 aromatic rings. The second-order valence-corrected chi connectivity index (χ2v) is 8.50. The number of hydrogen-bond donors (Lipinski definition) is 2. The fourth-order valence-corrected chi connectivity index (χ4v) is 4.03. The second-order valence-electron chi connectivity index (χ2n) is 8.06. The van der Waals surface area contributed by atoms with Crippen molar-refractivity contribution >= 4 is 46.8 Å². The summed E-state index contributed by atoms with van der Waals surface area (Å²) >= 11 is 5.92. The number of hydrogen-bond acceptors (Lipinski definition) is 6. The predicted octanol–water partition coefficient (Wildman–Crippen LogP) is 2.82. The fraction of sp³-hybridized carbons (Fsp3) is 0.320. The molecular formula is C25H27Cl2N3O5. The summed E-state index contributed by atoms with van der Waals surface area (Å²) in [6.07, 6.45) is 0.111. The largest absolute Gasteiger partial charge is 0.463 e. The van der Waals surface area contributed by atoms with E-state index in [-0.39, 0.29) is 31.0 Å². The number of morpholine rings is 1. The molecule has 0 bridgehead atoms. The van der Waals surface area contributed by atoms with Gasteiger partial charge in [0.2, 0.25) is 5.56 Å². The Balaban J connectivity index is 0.00000342. The van der Waals surface area contributed by atoms with Gasteiger partial charge in [0.25, 0.3) is 5.91 Å². The van der Waals surface area contributed by atoms with Gasteiger partial charge in [0.1, 0.15) is 12.6 Å². The van der Waals surface area contributed by atoms with Crippen LogP contribution in [0.5, 0.6) is 0 Å². The first-order valence-electron chi connectivity index (χ1n) is 11.1. The monoisotopic (exact) mass is 519 g/mol. The third-order valence-electron chi connectivity index (χ3n) is 5.71. The van der Waals surface area contributed by atoms with Gasteiger partial charge in [-0.2, -0.15) is 0 Å². The highest BCUT2D eigenvalue weighted by molar-refractivity contribution is 6.30. The van der Waals surface area contributed by atoms with Crippen molar-refractivity contribution in [2.45, 2.75) is 12.5 Å². The van der Waals surface area contributed by atoms with E-state index in [1.165, 1.54) is 6.07 Å². The Kier molecular flexibility index (Phi) is 9.68.